The highest BCUT2D eigenvalue weighted by molar-refractivity contribution is 7.27. The number of rotatable bonds is 5. The van der Waals surface area contributed by atoms with Gasteiger partial charge in [-0.1, -0.05) is 65.6 Å². The molecule has 1 atom stereocenters. The Hall–Kier alpha value is -4.59. The highest BCUT2D eigenvalue weighted by Crippen LogP contribution is 2.36. The molecule has 0 fully saturated rings. The standard InChI is InChI=1S/C28H20F3N6O2P.C2H6/c1-13-18(22(30)26(40)23(31)21(13)29)12-20(38)34-27-24(14-5-3-2-4-6-14)35-25-17-9-7-16(28(39)36-37-32)11-15(17)8-10-19(25)33-27;1-2/h2-7,9,11H,8,10,12,40H2,1H3,(H,33,34,38);1-2H3. The maximum absolute atomic E-state index is 14.8. The molecule has 1 aliphatic carbocycles. The highest BCUT2D eigenvalue weighted by atomic mass is 31.0. The fourth-order valence-electron chi connectivity index (χ4n) is 4.65. The summed E-state index contributed by atoms with van der Waals surface area (Å²) < 4.78 is 42.9. The van der Waals surface area contributed by atoms with Crippen molar-refractivity contribution in [2.45, 2.75) is 40.0 Å². The fraction of sp³-hybridized carbons (Fsp3) is 0.200. The van der Waals surface area contributed by atoms with E-state index in [0.717, 1.165) is 11.1 Å². The number of hydrogen-bond donors (Lipinski definition) is 1. The summed E-state index contributed by atoms with van der Waals surface area (Å²) in [5.41, 5.74) is 12.0. The van der Waals surface area contributed by atoms with Gasteiger partial charge in [-0.2, -0.15) is 0 Å². The van der Waals surface area contributed by atoms with Crippen LogP contribution in [0.25, 0.3) is 33.0 Å². The van der Waals surface area contributed by atoms with E-state index < -0.39 is 41.0 Å². The van der Waals surface area contributed by atoms with Gasteiger partial charge in [0.1, 0.15) is 11.5 Å². The van der Waals surface area contributed by atoms with Crippen molar-refractivity contribution in [3.63, 3.8) is 0 Å². The SMILES string of the molecule is CC.Cc1c(F)c(F)c(P)c(F)c1CC(=O)Nc1nc2c(nc1-c1ccccc1)-c1ccc(C(=O)N=[N+]=[N-])cc1CC2. The van der Waals surface area contributed by atoms with Crippen molar-refractivity contribution in [3.05, 3.63) is 104 Å². The van der Waals surface area contributed by atoms with Gasteiger partial charge in [-0.3, -0.25) is 9.59 Å². The number of benzene rings is 3. The molecule has 1 N–H and O–H groups in total. The van der Waals surface area contributed by atoms with Gasteiger partial charge in [-0.25, -0.2) is 23.1 Å². The number of carbonyl (C=O) groups is 2. The van der Waals surface area contributed by atoms with E-state index in [2.05, 4.69) is 15.3 Å². The van der Waals surface area contributed by atoms with Gasteiger partial charge in [-0.15, -0.1) is 0 Å². The summed E-state index contributed by atoms with van der Waals surface area (Å²) in [7, 11) is 1.82. The van der Waals surface area contributed by atoms with Crippen LogP contribution in [-0.4, -0.2) is 21.8 Å². The third-order valence-corrected chi connectivity index (χ3v) is 7.20. The average molecular weight is 591 g/mol. The quantitative estimate of drug-likeness (QED) is 0.0904. The van der Waals surface area contributed by atoms with E-state index in [1.807, 2.05) is 29.2 Å². The number of azide groups is 1. The summed E-state index contributed by atoms with van der Waals surface area (Å²) >= 11 is 0. The van der Waals surface area contributed by atoms with Crippen molar-refractivity contribution in [3.8, 4) is 22.5 Å². The molecular weight excluding hydrogens is 564 g/mol. The molecular formula is C30H26F3N6O2P. The van der Waals surface area contributed by atoms with Crippen LogP contribution in [0.5, 0.6) is 0 Å². The molecule has 0 saturated carbocycles. The zero-order valence-corrected chi connectivity index (χ0v) is 24.2. The van der Waals surface area contributed by atoms with E-state index in [1.165, 1.54) is 6.92 Å². The van der Waals surface area contributed by atoms with Gasteiger partial charge in [0.05, 0.1) is 17.8 Å². The monoisotopic (exact) mass is 590 g/mol. The zero-order chi connectivity index (χ0) is 30.6. The first-order chi connectivity index (χ1) is 20.2. The Kier molecular flexibility index (Phi) is 9.35. The van der Waals surface area contributed by atoms with Gasteiger partial charge in [0.15, 0.2) is 17.5 Å². The molecule has 42 heavy (non-hydrogen) atoms. The number of anilines is 1. The molecule has 1 aromatic heterocycles. The van der Waals surface area contributed by atoms with Crippen LogP contribution in [0.2, 0.25) is 0 Å². The van der Waals surface area contributed by atoms with Gasteiger partial charge in [0, 0.05) is 32.5 Å². The largest absolute Gasteiger partial charge is 0.309 e. The molecule has 0 spiro atoms. The Morgan fingerprint density at radius 3 is 2.40 bits per heavy atom. The second kappa shape index (κ2) is 12.9. The van der Waals surface area contributed by atoms with Crippen molar-refractivity contribution in [2.24, 2.45) is 5.11 Å². The average Bonchev–Trinajstić information content (AvgIpc) is 3.02. The summed E-state index contributed by atoms with van der Waals surface area (Å²) in [6.07, 6.45) is 0.413. The summed E-state index contributed by atoms with van der Waals surface area (Å²) in [6.45, 7) is 5.21. The maximum Gasteiger partial charge on any atom is 0.249 e. The Morgan fingerprint density at radius 1 is 1.00 bits per heavy atom. The lowest BCUT2D eigenvalue weighted by atomic mass is 9.90. The third kappa shape index (κ3) is 5.88. The van der Waals surface area contributed by atoms with E-state index in [1.54, 1.807) is 42.5 Å². The van der Waals surface area contributed by atoms with Crippen LogP contribution in [0, 0.1) is 24.4 Å². The predicted molar refractivity (Wildman–Crippen MR) is 158 cm³/mol. The lowest BCUT2D eigenvalue weighted by molar-refractivity contribution is -0.115. The van der Waals surface area contributed by atoms with Gasteiger partial charge in [0.2, 0.25) is 11.8 Å². The van der Waals surface area contributed by atoms with Crippen molar-refractivity contribution in [1.82, 2.24) is 9.97 Å². The Balaban J connectivity index is 0.00000198. The number of nitrogens with one attached hydrogen (secondary N) is 1. The van der Waals surface area contributed by atoms with Gasteiger partial charge in [-0.05, 0) is 47.6 Å². The van der Waals surface area contributed by atoms with Crippen LogP contribution in [0.3, 0.4) is 0 Å². The number of hydrogen-bond acceptors (Lipinski definition) is 4. The third-order valence-electron chi connectivity index (χ3n) is 6.70. The van der Waals surface area contributed by atoms with E-state index in [9.17, 15) is 22.8 Å². The van der Waals surface area contributed by atoms with Crippen molar-refractivity contribution in [1.29, 1.82) is 0 Å². The number of aryl methyl sites for hydroxylation is 2. The molecule has 0 radical (unpaired) electrons. The van der Waals surface area contributed by atoms with Gasteiger partial charge < -0.3 is 5.32 Å². The van der Waals surface area contributed by atoms with Crippen LogP contribution in [0.1, 0.15) is 46.6 Å². The normalized spacial score (nSPS) is 11.3. The molecule has 12 heteroatoms. The second-order valence-electron chi connectivity index (χ2n) is 9.13. The molecule has 1 heterocycles. The van der Waals surface area contributed by atoms with Crippen LogP contribution in [-0.2, 0) is 24.1 Å². The summed E-state index contributed by atoms with van der Waals surface area (Å²) in [5.74, 6) is -4.76. The molecule has 0 saturated heterocycles. The summed E-state index contributed by atoms with van der Waals surface area (Å²) in [5, 5.41) is 5.25. The minimum absolute atomic E-state index is 0.139. The molecule has 1 aliphatic rings. The summed E-state index contributed by atoms with van der Waals surface area (Å²) in [4.78, 5) is 37.2. The van der Waals surface area contributed by atoms with Crippen molar-refractivity contribution in [2.75, 3.05) is 5.32 Å². The fourth-order valence-corrected chi connectivity index (χ4v) is 4.95. The first-order valence-electron chi connectivity index (χ1n) is 13.1. The number of aromatic nitrogens is 2. The number of nitrogens with zero attached hydrogens (tertiary/aromatic N) is 5. The molecule has 2 amide bonds. The van der Waals surface area contributed by atoms with E-state index in [0.29, 0.717) is 35.5 Å². The topological polar surface area (TPSA) is 121 Å². The Labute approximate surface area is 242 Å². The number of halogens is 3. The van der Waals surface area contributed by atoms with Crippen molar-refractivity contribution < 1.29 is 22.8 Å². The molecule has 1 unspecified atom stereocenters. The molecule has 8 nitrogen and oxygen atoms in total. The molecule has 214 valence electrons. The summed E-state index contributed by atoms with van der Waals surface area (Å²) in [6, 6.07) is 13.9. The van der Waals surface area contributed by atoms with E-state index in [-0.39, 0.29) is 22.5 Å². The van der Waals surface area contributed by atoms with E-state index >= 15 is 0 Å². The zero-order valence-electron chi connectivity index (χ0n) is 23.0. The van der Waals surface area contributed by atoms with Gasteiger partial charge in [0.25, 0.3) is 0 Å². The minimum Gasteiger partial charge on any atom is -0.309 e. The lowest BCUT2D eigenvalue weighted by Gasteiger charge is -2.21. The first-order valence-corrected chi connectivity index (χ1v) is 13.7. The molecule has 0 aliphatic heterocycles. The molecule has 5 rings (SSSR count). The number of fused-ring (bicyclic) bond motifs is 3. The second-order valence-corrected chi connectivity index (χ2v) is 9.71. The molecule has 4 aromatic rings. The number of amides is 2. The van der Waals surface area contributed by atoms with Crippen LogP contribution in [0.4, 0.5) is 19.0 Å². The lowest BCUT2D eigenvalue weighted by Crippen LogP contribution is -2.22. The molecule has 3 aromatic carbocycles. The smallest absolute Gasteiger partial charge is 0.249 e. The van der Waals surface area contributed by atoms with Crippen molar-refractivity contribution >= 4 is 32.2 Å². The van der Waals surface area contributed by atoms with Crippen LogP contribution < -0.4 is 10.6 Å². The minimum atomic E-state index is -1.31. The van der Waals surface area contributed by atoms with Crippen LogP contribution >= 0.6 is 9.24 Å². The van der Waals surface area contributed by atoms with Gasteiger partial charge >= 0.3 is 0 Å². The Morgan fingerprint density at radius 2 is 1.71 bits per heavy atom. The van der Waals surface area contributed by atoms with Crippen LogP contribution in [0.15, 0.2) is 53.6 Å². The van der Waals surface area contributed by atoms with E-state index in [4.69, 9.17) is 15.5 Å². The first kappa shape index (κ1) is 30.4. The number of carbonyl (C=O) groups excluding carboxylic acids is 2. The molecule has 0 bridgehead atoms. The highest BCUT2D eigenvalue weighted by Gasteiger charge is 2.26. The maximum atomic E-state index is 14.8. The Bertz CT molecular complexity index is 1730. The predicted octanol–water partition coefficient (Wildman–Crippen LogP) is 6.79.